The first-order valence-electron chi connectivity index (χ1n) is 10.8. The van der Waals surface area contributed by atoms with Gasteiger partial charge in [0, 0.05) is 19.5 Å². The van der Waals surface area contributed by atoms with Gasteiger partial charge in [0.25, 0.3) is 0 Å². The van der Waals surface area contributed by atoms with Crippen molar-refractivity contribution in [3.8, 4) is 0 Å². The monoisotopic (exact) mass is 340 g/mol. The smallest absolute Gasteiger partial charge is 0.221 e. The van der Waals surface area contributed by atoms with E-state index in [1.165, 1.54) is 83.5 Å². The van der Waals surface area contributed by atoms with Crippen LogP contribution in [0.1, 0.15) is 110 Å². The molecule has 3 nitrogen and oxygen atoms in total. The molecule has 144 valence electrons. The molecule has 24 heavy (non-hydrogen) atoms. The molecule has 0 radical (unpaired) electrons. The van der Waals surface area contributed by atoms with Gasteiger partial charge in [-0.1, -0.05) is 90.9 Å². The Kier molecular flexibility index (Phi) is 20.0. The molecule has 0 saturated carbocycles. The Balaban J connectivity index is 3.12. The summed E-state index contributed by atoms with van der Waals surface area (Å²) in [6.45, 7) is 7.21. The number of hydrogen-bond acceptors (Lipinski definition) is 2. The lowest BCUT2D eigenvalue weighted by Gasteiger charge is -2.07. The van der Waals surface area contributed by atoms with Crippen LogP contribution in [-0.2, 0) is 4.79 Å². The van der Waals surface area contributed by atoms with Gasteiger partial charge < -0.3 is 10.6 Å². The molecule has 0 atom stereocenters. The van der Waals surface area contributed by atoms with Crippen LogP contribution in [0.25, 0.3) is 0 Å². The molecule has 0 rings (SSSR count). The third-order valence-electron chi connectivity index (χ3n) is 4.59. The Labute approximate surface area is 151 Å². The first-order valence-corrected chi connectivity index (χ1v) is 10.8. The summed E-state index contributed by atoms with van der Waals surface area (Å²) in [6, 6.07) is 0. The molecule has 0 saturated heterocycles. The molecular formula is C21H44N2O. The van der Waals surface area contributed by atoms with Crippen molar-refractivity contribution in [1.29, 1.82) is 0 Å². The number of hydrogen-bond donors (Lipinski definition) is 2. The molecule has 0 heterocycles. The SMILES string of the molecule is CCCCCCCCCCCCNC(=O)CCNCCCCCC. The highest BCUT2D eigenvalue weighted by Crippen LogP contribution is 2.10. The van der Waals surface area contributed by atoms with E-state index in [1.54, 1.807) is 0 Å². The largest absolute Gasteiger partial charge is 0.356 e. The number of carbonyl (C=O) groups excluding carboxylic acids is 1. The predicted octanol–water partition coefficient (Wildman–Crippen LogP) is 5.58. The first-order chi connectivity index (χ1) is 11.8. The van der Waals surface area contributed by atoms with Gasteiger partial charge in [-0.25, -0.2) is 0 Å². The highest BCUT2D eigenvalue weighted by atomic mass is 16.1. The van der Waals surface area contributed by atoms with Crippen LogP contribution in [0.2, 0.25) is 0 Å². The lowest BCUT2D eigenvalue weighted by atomic mass is 10.1. The van der Waals surface area contributed by atoms with Gasteiger partial charge in [0.2, 0.25) is 5.91 Å². The maximum atomic E-state index is 11.7. The maximum absolute atomic E-state index is 11.7. The van der Waals surface area contributed by atoms with Crippen molar-refractivity contribution in [1.82, 2.24) is 10.6 Å². The molecule has 0 aromatic heterocycles. The van der Waals surface area contributed by atoms with Crippen LogP contribution in [0.4, 0.5) is 0 Å². The first kappa shape index (κ1) is 23.4. The van der Waals surface area contributed by atoms with Crippen molar-refractivity contribution in [2.24, 2.45) is 0 Å². The number of rotatable bonds is 19. The highest BCUT2D eigenvalue weighted by molar-refractivity contribution is 5.75. The highest BCUT2D eigenvalue weighted by Gasteiger charge is 2.00. The van der Waals surface area contributed by atoms with Gasteiger partial charge in [-0.15, -0.1) is 0 Å². The number of nitrogens with one attached hydrogen (secondary N) is 2. The quantitative estimate of drug-likeness (QED) is 0.301. The number of carbonyl (C=O) groups is 1. The van der Waals surface area contributed by atoms with Crippen LogP contribution >= 0.6 is 0 Å². The van der Waals surface area contributed by atoms with Gasteiger partial charge in [-0.2, -0.15) is 0 Å². The van der Waals surface area contributed by atoms with E-state index in [1.807, 2.05) is 0 Å². The summed E-state index contributed by atoms with van der Waals surface area (Å²) in [5, 5.41) is 6.40. The van der Waals surface area contributed by atoms with Gasteiger partial charge in [-0.05, 0) is 19.4 Å². The van der Waals surface area contributed by atoms with E-state index < -0.39 is 0 Å². The van der Waals surface area contributed by atoms with E-state index in [0.29, 0.717) is 6.42 Å². The van der Waals surface area contributed by atoms with Crippen molar-refractivity contribution in [2.75, 3.05) is 19.6 Å². The van der Waals surface area contributed by atoms with Gasteiger partial charge in [0.1, 0.15) is 0 Å². The van der Waals surface area contributed by atoms with Gasteiger partial charge >= 0.3 is 0 Å². The molecule has 0 fully saturated rings. The minimum absolute atomic E-state index is 0.201. The second kappa shape index (κ2) is 20.5. The van der Waals surface area contributed by atoms with Gasteiger partial charge in [-0.3, -0.25) is 4.79 Å². The summed E-state index contributed by atoms with van der Waals surface area (Å²) in [7, 11) is 0. The Bertz CT molecular complexity index is 256. The zero-order valence-electron chi connectivity index (χ0n) is 16.6. The van der Waals surface area contributed by atoms with E-state index in [4.69, 9.17) is 0 Å². The van der Waals surface area contributed by atoms with Crippen molar-refractivity contribution in [2.45, 2.75) is 110 Å². The maximum Gasteiger partial charge on any atom is 0.221 e. The summed E-state index contributed by atoms with van der Waals surface area (Å²) >= 11 is 0. The molecular weight excluding hydrogens is 296 g/mol. The van der Waals surface area contributed by atoms with E-state index in [9.17, 15) is 4.79 Å². The molecule has 0 aromatic rings. The zero-order valence-corrected chi connectivity index (χ0v) is 16.6. The topological polar surface area (TPSA) is 41.1 Å². The summed E-state index contributed by atoms with van der Waals surface area (Å²) in [4.78, 5) is 11.7. The molecule has 0 bridgehead atoms. The molecule has 2 N–H and O–H groups in total. The average molecular weight is 341 g/mol. The van der Waals surface area contributed by atoms with Crippen LogP contribution < -0.4 is 10.6 Å². The third-order valence-corrected chi connectivity index (χ3v) is 4.59. The molecule has 1 amide bonds. The summed E-state index contributed by atoms with van der Waals surface area (Å²) in [5.74, 6) is 0.201. The fraction of sp³-hybridized carbons (Fsp3) is 0.952. The Morgan fingerprint density at radius 2 is 1.04 bits per heavy atom. The standard InChI is InChI=1S/C21H44N2O/c1-3-5-7-9-10-11-12-13-14-16-19-23-21(24)17-20-22-18-15-8-6-4-2/h22H,3-20H2,1-2H3,(H,23,24). The van der Waals surface area contributed by atoms with Crippen LogP contribution in [-0.4, -0.2) is 25.5 Å². The second-order valence-electron chi connectivity index (χ2n) is 7.09. The van der Waals surface area contributed by atoms with Crippen molar-refractivity contribution in [3.05, 3.63) is 0 Å². The molecule has 0 aromatic carbocycles. The predicted molar refractivity (Wildman–Crippen MR) is 106 cm³/mol. The summed E-state index contributed by atoms with van der Waals surface area (Å²) < 4.78 is 0. The van der Waals surface area contributed by atoms with Crippen molar-refractivity contribution >= 4 is 5.91 Å². The lowest BCUT2D eigenvalue weighted by Crippen LogP contribution is -2.28. The fourth-order valence-electron chi connectivity index (χ4n) is 2.93. The molecule has 0 spiro atoms. The molecule has 0 aliphatic heterocycles. The summed E-state index contributed by atoms with van der Waals surface area (Å²) in [6.07, 6.45) is 19.2. The summed E-state index contributed by atoms with van der Waals surface area (Å²) in [5.41, 5.74) is 0. The number of amides is 1. The number of unbranched alkanes of at least 4 members (excludes halogenated alkanes) is 12. The lowest BCUT2D eigenvalue weighted by molar-refractivity contribution is -0.121. The van der Waals surface area contributed by atoms with E-state index in [0.717, 1.165) is 26.1 Å². The van der Waals surface area contributed by atoms with Gasteiger partial charge in [0.05, 0.1) is 0 Å². The normalized spacial score (nSPS) is 10.9. The van der Waals surface area contributed by atoms with Crippen LogP contribution in [0.5, 0.6) is 0 Å². The zero-order chi connectivity index (χ0) is 17.7. The molecule has 3 heteroatoms. The van der Waals surface area contributed by atoms with Gasteiger partial charge in [0.15, 0.2) is 0 Å². The minimum Gasteiger partial charge on any atom is -0.356 e. The van der Waals surface area contributed by atoms with E-state index in [2.05, 4.69) is 24.5 Å². The Hall–Kier alpha value is -0.570. The molecule has 0 unspecified atom stereocenters. The average Bonchev–Trinajstić information content (AvgIpc) is 2.59. The fourth-order valence-corrected chi connectivity index (χ4v) is 2.93. The minimum atomic E-state index is 0.201. The third kappa shape index (κ3) is 19.5. The van der Waals surface area contributed by atoms with Crippen LogP contribution in [0.3, 0.4) is 0 Å². The van der Waals surface area contributed by atoms with E-state index >= 15 is 0 Å². The van der Waals surface area contributed by atoms with Crippen molar-refractivity contribution < 1.29 is 4.79 Å². The van der Waals surface area contributed by atoms with Crippen LogP contribution in [0.15, 0.2) is 0 Å². The van der Waals surface area contributed by atoms with E-state index in [-0.39, 0.29) is 5.91 Å². The second-order valence-corrected chi connectivity index (χ2v) is 7.09. The Morgan fingerprint density at radius 1 is 0.583 bits per heavy atom. The van der Waals surface area contributed by atoms with Crippen molar-refractivity contribution in [3.63, 3.8) is 0 Å². The molecule has 0 aliphatic rings. The van der Waals surface area contributed by atoms with Crippen LogP contribution in [0, 0.1) is 0 Å². The Morgan fingerprint density at radius 3 is 1.62 bits per heavy atom. The molecule has 0 aliphatic carbocycles.